The first kappa shape index (κ1) is 22.4. The number of carbonyl (C=O) groups excluding carboxylic acids is 2. The number of amides is 1. The summed E-state index contributed by atoms with van der Waals surface area (Å²) in [4.78, 5) is 24.4. The van der Waals surface area contributed by atoms with Crippen LogP contribution in [0.4, 0.5) is 10.1 Å². The third-order valence-corrected chi connectivity index (χ3v) is 6.79. The molecule has 2 aromatic rings. The van der Waals surface area contributed by atoms with Crippen molar-refractivity contribution >= 4 is 39.0 Å². The standard InChI is InChI=1S/C20H20ClFN2O5S/c21-17-6-5-16(30(27,28)24-9-11-29-12-10-24)13-18(17)23-20(26)8-7-19(25)14-1-3-15(22)4-2-14/h1-6,13H,7-12H2,(H,23,26). The van der Waals surface area contributed by atoms with Crippen molar-refractivity contribution in [2.45, 2.75) is 17.7 Å². The zero-order valence-electron chi connectivity index (χ0n) is 15.9. The van der Waals surface area contributed by atoms with Crippen molar-refractivity contribution in [3.63, 3.8) is 0 Å². The molecule has 0 bridgehead atoms. The number of halogens is 2. The topological polar surface area (TPSA) is 92.8 Å². The molecule has 7 nitrogen and oxygen atoms in total. The number of nitrogens with one attached hydrogen (secondary N) is 1. The summed E-state index contributed by atoms with van der Waals surface area (Å²) < 4.78 is 45.0. The van der Waals surface area contributed by atoms with Gasteiger partial charge in [-0.3, -0.25) is 9.59 Å². The highest BCUT2D eigenvalue weighted by Crippen LogP contribution is 2.27. The van der Waals surface area contributed by atoms with Gasteiger partial charge in [0.2, 0.25) is 15.9 Å². The van der Waals surface area contributed by atoms with Crippen LogP contribution in [0.3, 0.4) is 0 Å². The SMILES string of the molecule is O=C(CCC(=O)c1ccc(F)cc1)Nc1cc(S(=O)(=O)N2CCOCC2)ccc1Cl. The van der Waals surface area contributed by atoms with Gasteiger partial charge in [0.25, 0.3) is 0 Å². The zero-order valence-corrected chi connectivity index (χ0v) is 17.5. The number of ether oxygens (including phenoxy) is 1. The van der Waals surface area contributed by atoms with E-state index in [1.807, 2.05) is 0 Å². The highest BCUT2D eigenvalue weighted by molar-refractivity contribution is 7.89. The van der Waals surface area contributed by atoms with Gasteiger partial charge < -0.3 is 10.1 Å². The predicted octanol–water partition coefficient (Wildman–Crippen LogP) is 3.10. The Hall–Kier alpha value is -2.33. The van der Waals surface area contributed by atoms with Crippen molar-refractivity contribution in [2.75, 3.05) is 31.6 Å². The van der Waals surface area contributed by atoms with Gasteiger partial charge in [0.05, 0.1) is 28.8 Å². The van der Waals surface area contributed by atoms with E-state index in [1.165, 1.54) is 46.8 Å². The monoisotopic (exact) mass is 454 g/mol. The fourth-order valence-electron chi connectivity index (χ4n) is 2.92. The molecule has 30 heavy (non-hydrogen) atoms. The summed E-state index contributed by atoms with van der Waals surface area (Å²) in [6, 6.07) is 9.13. The molecule has 3 rings (SSSR count). The van der Waals surface area contributed by atoms with E-state index in [4.69, 9.17) is 16.3 Å². The van der Waals surface area contributed by atoms with Crippen LogP contribution in [0.15, 0.2) is 47.4 Å². The summed E-state index contributed by atoms with van der Waals surface area (Å²) in [6.07, 6.45) is -0.214. The Morgan fingerprint density at radius 1 is 1.07 bits per heavy atom. The number of benzene rings is 2. The molecule has 2 aromatic carbocycles. The average molecular weight is 455 g/mol. The van der Waals surface area contributed by atoms with Gasteiger partial charge in [0, 0.05) is 31.5 Å². The molecule has 1 aliphatic rings. The van der Waals surface area contributed by atoms with Crippen LogP contribution in [-0.2, 0) is 19.6 Å². The number of carbonyl (C=O) groups is 2. The van der Waals surface area contributed by atoms with Crippen LogP contribution in [0.1, 0.15) is 23.2 Å². The van der Waals surface area contributed by atoms with E-state index in [0.29, 0.717) is 18.8 Å². The largest absolute Gasteiger partial charge is 0.379 e. The highest BCUT2D eigenvalue weighted by Gasteiger charge is 2.27. The number of rotatable bonds is 7. The van der Waals surface area contributed by atoms with Gasteiger partial charge >= 0.3 is 0 Å². The lowest BCUT2D eigenvalue weighted by molar-refractivity contribution is -0.116. The summed E-state index contributed by atoms with van der Waals surface area (Å²) in [6.45, 7) is 1.13. The Balaban J connectivity index is 1.65. The molecular formula is C20H20ClFN2O5S. The molecule has 10 heteroatoms. The van der Waals surface area contributed by atoms with E-state index < -0.39 is 21.7 Å². The molecular weight excluding hydrogens is 435 g/mol. The molecule has 0 radical (unpaired) electrons. The summed E-state index contributed by atoms with van der Waals surface area (Å²) in [5, 5.41) is 2.73. The van der Waals surface area contributed by atoms with Gasteiger partial charge in [-0.25, -0.2) is 12.8 Å². The fraction of sp³-hybridized carbons (Fsp3) is 0.300. The number of hydrogen-bond donors (Lipinski definition) is 1. The molecule has 1 aliphatic heterocycles. The first-order valence-corrected chi connectivity index (χ1v) is 11.1. The number of ketones is 1. The van der Waals surface area contributed by atoms with Crippen LogP contribution in [0.2, 0.25) is 5.02 Å². The molecule has 160 valence electrons. The van der Waals surface area contributed by atoms with Gasteiger partial charge in [-0.15, -0.1) is 0 Å². The summed E-state index contributed by atoms with van der Waals surface area (Å²) in [5.41, 5.74) is 0.450. The van der Waals surface area contributed by atoms with Gasteiger partial charge in [-0.1, -0.05) is 11.6 Å². The second kappa shape index (κ2) is 9.65. The molecule has 0 aromatic heterocycles. The third-order valence-electron chi connectivity index (χ3n) is 4.57. The minimum absolute atomic E-state index is 0.00601. The predicted molar refractivity (Wildman–Crippen MR) is 110 cm³/mol. The number of morpholine rings is 1. The maximum Gasteiger partial charge on any atom is 0.243 e. The first-order valence-electron chi connectivity index (χ1n) is 9.23. The molecule has 1 N–H and O–H groups in total. The van der Waals surface area contributed by atoms with Crippen molar-refractivity contribution in [1.29, 1.82) is 0 Å². The molecule has 0 unspecified atom stereocenters. The maximum absolute atomic E-state index is 12.9. The van der Waals surface area contributed by atoms with Gasteiger partial charge in [0.1, 0.15) is 5.82 Å². The second-order valence-corrected chi connectivity index (χ2v) is 8.98. The van der Waals surface area contributed by atoms with Crippen molar-refractivity contribution in [3.05, 3.63) is 58.9 Å². The van der Waals surface area contributed by atoms with Crippen molar-refractivity contribution < 1.29 is 27.1 Å². The first-order chi connectivity index (χ1) is 14.3. The molecule has 0 aliphatic carbocycles. The van der Waals surface area contributed by atoms with E-state index in [9.17, 15) is 22.4 Å². The number of hydrogen-bond acceptors (Lipinski definition) is 5. The van der Waals surface area contributed by atoms with Crippen LogP contribution in [0.25, 0.3) is 0 Å². The molecule has 0 atom stereocenters. The van der Waals surface area contributed by atoms with E-state index in [2.05, 4.69) is 5.32 Å². The van der Waals surface area contributed by atoms with Crippen LogP contribution in [0, 0.1) is 5.82 Å². The quantitative estimate of drug-likeness (QED) is 0.649. The van der Waals surface area contributed by atoms with Gasteiger partial charge in [0.15, 0.2) is 5.78 Å². The van der Waals surface area contributed by atoms with E-state index in [1.54, 1.807) is 0 Å². The second-order valence-electron chi connectivity index (χ2n) is 6.64. The summed E-state index contributed by atoms with van der Waals surface area (Å²) in [5.74, 6) is -1.25. The van der Waals surface area contributed by atoms with Crippen LogP contribution < -0.4 is 5.32 Å². The molecule has 1 heterocycles. The van der Waals surface area contributed by atoms with E-state index in [0.717, 1.165) is 0 Å². The van der Waals surface area contributed by atoms with Crippen LogP contribution in [0.5, 0.6) is 0 Å². The zero-order chi connectivity index (χ0) is 21.7. The minimum Gasteiger partial charge on any atom is -0.379 e. The van der Waals surface area contributed by atoms with E-state index in [-0.39, 0.29) is 47.3 Å². The molecule has 1 saturated heterocycles. The maximum atomic E-state index is 12.9. The number of nitrogens with zero attached hydrogens (tertiary/aromatic N) is 1. The molecule has 0 saturated carbocycles. The number of anilines is 1. The fourth-order valence-corrected chi connectivity index (χ4v) is 4.52. The Labute approximate surface area is 178 Å². The summed E-state index contributed by atoms with van der Waals surface area (Å²) in [7, 11) is -3.74. The van der Waals surface area contributed by atoms with Gasteiger partial charge in [-0.05, 0) is 42.5 Å². The summed E-state index contributed by atoms with van der Waals surface area (Å²) >= 11 is 6.10. The van der Waals surface area contributed by atoms with Crippen LogP contribution in [-0.4, -0.2) is 50.7 Å². The Bertz CT molecular complexity index is 1040. The number of Topliss-reactive ketones (excluding diaryl/α,β-unsaturated/α-hetero) is 1. The minimum atomic E-state index is -3.74. The third kappa shape index (κ3) is 5.42. The van der Waals surface area contributed by atoms with E-state index >= 15 is 0 Å². The van der Waals surface area contributed by atoms with Crippen LogP contribution >= 0.6 is 11.6 Å². The number of sulfonamides is 1. The Morgan fingerprint density at radius 3 is 2.40 bits per heavy atom. The Morgan fingerprint density at radius 2 is 1.73 bits per heavy atom. The van der Waals surface area contributed by atoms with Gasteiger partial charge in [-0.2, -0.15) is 4.31 Å². The normalized spacial score (nSPS) is 15.0. The lowest BCUT2D eigenvalue weighted by Gasteiger charge is -2.26. The highest BCUT2D eigenvalue weighted by atomic mass is 35.5. The molecule has 0 spiro atoms. The lowest BCUT2D eigenvalue weighted by atomic mass is 10.1. The molecule has 1 fully saturated rings. The van der Waals surface area contributed by atoms with Crippen molar-refractivity contribution in [2.24, 2.45) is 0 Å². The smallest absolute Gasteiger partial charge is 0.243 e. The van der Waals surface area contributed by atoms with Crippen molar-refractivity contribution in [1.82, 2.24) is 4.31 Å². The lowest BCUT2D eigenvalue weighted by Crippen LogP contribution is -2.40. The average Bonchev–Trinajstić information content (AvgIpc) is 2.74. The Kier molecular flexibility index (Phi) is 7.19. The van der Waals surface area contributed by atoms with Crippen molar-refractivity contribution in [3.8, 4) is 0 Å². The molecule has 1 amide bonds.